The lowest BCUT2D eigenvalue weighted by atomic mass is 10.2. The first-order chi connectivity index (χ1) is 12.1. The molecule has 1 N–H and O–H groups in total. The summed E-state index contributed by atoms with van der Waals surface area (Å²) in [6.07, 6.45) is 0. The van der Waals surface area contributed by atoms with E-state index in [9.17, 15) is 4.79 Å². The van der Waals surface area contributed by atoms with Crippen LogP contribution in [0.3, 0.4) is 0 Å². The fourth-order valence-corrected chi connectivity index (χ4v) is 3.59. The summed E-state index contributed by atoms with van der Waals surface area (Å²) in [6.45, 7) is 4.02. The lowest BCUT2D eigenvalue weighted by Crippen LogP contribution is -2.44. The summed E-state index contributed by atoms with van der Waals surface area (Å²) in [7, 11) is 2.14. The molecule has 0 aromatic heterocycles. The molecule has 0 saturated carbocycles. The van der Waals surface area contributed by atoms with Gasteiger partial charge in [0.25, 0.3) is 0 Å². The standard InChI is InChI=1S/C19H22ClN3OS/c1-22-10-12-23(13-11-22)18-5-3-2-4-17(18)21-19(24)14-25-16-8-6-15(20)7-9-16/h2-9H,10-14H2,1H3,(H,21,24). The molecule has 0 radical (unpaired) electrons. The van der Waals surface area contributed by atoms with Crippen molar-refractivity contribution in [2.75, 3.05) is 49.2 Å². The molecule has 0 unspecified atom stereocenters. The number of benzene rings is 2. The molecule has 25 heavy (non-hydrogen) atoms. The van der Waals surface area contributed by atoms with Crippen LogP contribution in [0.1, 0.15) is 0 Å². The van der Waals surface area contributed by atoms with E-state index >= 15 is 0 Å². The Hall–Kier alpha value is -1.69. The van der Waals surface area contributed by atoms with E-state index in [1.165, 1.54) is 11.8 Å². The lowest BCUT2D eigenvalue weighted by Gasteiger charge is -2.35. The zero-order valence-electron chi connectivity index (χ0n) is 14.2. The van der Waals surface area contributed by atoms with Gasteiger partial charge in [-0.2, -0.15) is 0 Å². The van der Waals surface area contributed by atoms with Gasteiger partial charge >= 0.3 is 0 Å². The predicted molar refractivity (Wildman–Crippen MR) is 107 cm³/mol. The number of rotatable bonds is 5. The molecule has 4 nitrogen and oxygen atoms in total. The van der Waals surface area contributed by atoms with Crippen molar-refractivity contribution in [2.24, 2.45) is 0 Å². The van der Waals surface area contributed by atoms with E-state index in [-0.39, 0.29) is 5.91 Å². The van der Waals surface area contributed by atoms with Crippen molar-refractivity contribution in [1.82, 2.24) is 4.90 Å². The summed E-state index contributed by atoms with van der Waals surface area (Å²) in [5.41, 5.74) is 1.98. The molecule has 2 aromatic rings. The molecule has 1 fully saturated rings. The monoisotopic (exact) mass is 375 g/mol. The molecule has 0 atom stereocenters. The van der Waals surface area contributed by atoms with E-state index in [0.29, 0.717) is 10.8 Å². The van der Waals surface area contributed by atoms with Crippen molar-refractivity contribution < 1.29 is 4.79 Å². The number of amides is 1. The third-order valence-electron chi connectivity index (χ3n) is 4.21. The number of anilines is 2. The Labute approximate surface area is 158 Å². The van der Waals surface area contributed by atoms with Crippen molar-refractivity contribution in [3.63, 3.8) is 0 Å². The van der Waals surface area contributed by atoms with Gasteiger partial charge in [0.05, 0.1) is 17.1 Å². The van der Waals surface area contributed by atoms with Gasteiger partial charge in [-0.15, -0.1) is 11.8 Å². The molecule has 3 rings (SSSR count). The average molecular weight is 376 g/mol. The highest BCUT2D eigenvalue weighted by Crippen LogP contribution is 2.27. The molecule has 1 heterocycles. The van der Waals surface area contributed by atoms with Gasteiger partial charge < -0.3 is 15.1 Å². The Bertz CT molecular complexity index is 715. The van der Waals surface area contributed by atoms with Crippen LogP contribution in [-0.2, 0) is 4.79 Å². The van der Waals surface area contributed by atoms with Gasteiger partial charge in [0.1, 0.15) is 0 Å². The normalized spacial score (nSPS) is 15.2. The first-order valence-electron chi connectivity index (χ1n) is 8.32. The van der Waals surface area contributed by atoms with Gasteiger partial charge in [-0.3, -0.25) is 4.79 Å². The van der Waals surface area contributed by atoms with Crippen LogP contribution in [0.15, 0.2) is 53.4 Å². The van der Waals surface area contributed by atoms with Crippen LogP contribution in [0, 0.1) is 0 Å². The van der Waals surface area contributed by atoms with Crippen LogP contribution in [0.4, 0.5) is 11.4 Å². The maximum atomic E-state index is 12.4. The SMILES string of the molecule is CN1CCN(c2ccccc2NC(=O)CSc2ccc(Cl)cc2)CC1. The van der Waals surface area contributed by atoms with E-state index < -0.39 is 0 Å². The van der Waals surface area contributed by atoms with Crippen molar-refractivity contribution in [3.05, 3.63) is 53.6 Å². The number of hydrogen-bond donors (Lipinski definition) is 1. The Morgan fingerprint density at radius 3 is 2.48 bits per heavy atom. The van der Waals surface area contributed by atoms with Gasteiger partial charge in [-0.25, -0.2) is 0 Å². The van der Waals surface area contributed by atoms with E-state index in [0.717, 1.165) is 42.4 Å². The number of likely N-dealkylation sites (N-methyl/N-ethyl adjacent to an activating group) is 1. The maximum absolute atomic E-state index is 12.4. The number of carbonyl (C=O) groups excluding carboxylic acids is 1. The Morgan fingerprint density at radius 2 is 1.76 bits per heavy atom. The van der Waals surface area contributed by atoms with Gasteiger partial charge in [0.2, 0.25) is 5.91 Å². The van der Waals surface area contributed by atoms with Crippen LogP contribution in [0.5, 0.6) is 0 Å². The van der Waals surface area contributed by atoms with Crippen LogP contribution in [0.25, 0.3) is 0 Å². The minimum atomic E-state index is 0.00141. The highest BCUT2D eigenvalue weighted by atomic mass is 35.5. The summed E-state index contributed by atoms with van der Waals surface area (Å²) in [5, 5.41) is 3.76. The van der Waals surface area contributed by atoms with Crippen molar-refractivity contribution >= 4 is 40.6 Å². The smallest absolute Gasteiger partial charge is 0.234 e. The number of hydrogen-bond acceptors (Lipinski definition) is 4. The Balaban J connectivity index is 1.60. The highest BCUT2D eigenvalue weighted by Gasteiger charge is 2.17. The molecule has 0 spiro atoms. The first-order valence-corrected chi connectivity index (χ1v) is 9.69. The summed E-state index contributed by atoms with van der Waals surface area (Å²) in [4.78, 5) is 18.0. The number of carbonyl (C=O) groups is 1. The second-order valence-corrected chi connectivity index (χ2v) is 7.58. The molecule has 0 aliphatic carbocycles. The minimum Gasteiger partial charge on any atom is -0.367 e. The van der Waals surface area contributed by atoms with Crippen LogP contribution >= 0.6 is 23.4 Å². The van der Waals surface area contributed by atoms with E-state index in [2.05, 4.69) is 28.2 Å². The molecule has 1 aliphatic heterocycles. The van der Waals surface area contributed by atoms with E-state index in [1.54, 1.807) is 0 Å². The van der Waals surface area contributed by atoms with Crippen LogP contribution in [0.2, 0.25) is 5.02 Å². The van der Waals surface area contributed by atoms with Crippen molar-refractivity contribution in [3.8, 4) is 0 Å². The molecule has 1 saturated heterocycles. The quantitative estimate of drug-likeness (QED) is 0.806. The number of piperazine rings is 1. The highest BCUT2D eigenvalue weighted by molar-refractivity contribution is 8.00. The number of para-hydroxylation sites is 2. The second-order valence-electron chi connectivity index (χ2n) is 6.10. The van der Waals surface area contributed by atoms with Crippen molar-refractivity contribution in [2.45, 2.75) is 4.90 Å². The molecule has 6 heteroatoms. The summed E-state index contributed by atoms with van der Waals surface area (Å²) in [6, 6.07) is 15.6. The van der Waals surface area contributed by atoms with Crippen LogP contribution < -0.4 is 10.2 Å². The summed E-state index contributed by atoms with van der Waals surface area (Å²) >= 11 is 7.39. The molecular formula is C19H22ClN3OS. The number of nitrogens with one attached hydrogen (secondary N) is 1. The molecule has 2 aromatic carbocycles. The largest absolute Gasteiger partial charge is 0.367 e. The Morgan fingerprint density at radius 1 is 1.08 bits per heavy atom. The molecule has 1 aliphatic rings. The molecular weight excluding hydrogens is 354 g/mol. The van der Waals surface area contributed by atoms with Crippen LogP contribution in [-0.4, -0.2) is 49.8 Å². The fraction of sp³-hybridized carbons (Fsp3) is 0.316. The van der Waals surface area contributed by atoms with Gasteiger partial charge in [-0.1, -0.05) is 23.7 Å². The number of thioether (sulfide) groups is 1. The molecule has 1 amide bonds. The molecule has 132 valence electrons. The third-order valence-corrected chi connectivity index (χ3v) is 5.47. The minimum absolute atomic E-state index is 0.00141. The third kappa shape index (κ3) is 5.14. The predicted octanol–water partition coefficient (Wildman–Crippen LogP) is 3.82. The van der Waals surface area contributed by atoms with Gasteiger partial charge in [0, 0.05) is 36.1 Å². The Kier molecular flexibility index (Phi) is 6.24. The fourth-order valence-electron chi connectivity index (χ4n) is 2.77. The summed E-state index contributed by atoms with van der Waals surface area (Å²) < 4.78 is 0. The number of halogens is 1. The number of nitrogens with zero attached hydrogens (tertiary/aromatic N) is 2. The average Bonchev–Trinajstić information content (AvgIpc) is 2.63. The lowest BCUT2D eigenvalue weighted by molar-refractivity contribution is -0.113. The topological polar surface area (TPSA) is 35.6 Å². The van der Waals surface area contributed by atoms with Gasteiger partial charge in [-0.05, 0) is 43.4 Å². The van der Waals surface area contributed by atoms with Gasteiger partial charge in [0.15, 0.2) is 0 Å². The zero-order valence-corrected chi connectivity index (χ0v) is 15.8. The summed E-state index contributed by atoms with van der Waals surface area (Å²) in [5.74, 6) is 0.375. The van der Waals surface area contributed by atoms with Crippen molar-refractivity contribution in [1.29, 1.82) is 0 Å². The zero-order chi connectivity index (χ0) is 17.6. The maximum Gasteiger partial charge on any atom is 0.234 e. The first kappa shape index (κ1) is 18.1. The van der Waals surface area contributed by atoms with E-state index in [1.807, 2.05) is 42.5 Å². The second kappa shape index (κ2) is 8.61. The van der Waals surface area contributed by atoms with E-state index in [4.69, 9.17) is 11.6 Å². The molecule has 0 bridgehead atoms.